The van der Waals surface area contributed by atoms with Gasteiger partial charge in [-0.1, -0.05) is 18.7 Å². The van der Waals surface area contributed by atoms with Crippen LogP contribution in [0.15, 0.2) is 52.1 Å². The number of piperazine rings is 1. The Morgan fingerprint density at radius 3 is 2.63 bits per heavy atom. The van der Waals surface area contributed by atoms with E-state index in [0.717, 1.165) is 22.2 Å². The summed E-state index contributed by atoms with van der Waals surface area (Å²) in [6.45, 7) is 7.06. The zero-order chi connectivity index (χ0) is 30.6. The quantitative estimate of drug-likeness (QED) is 0.316. The number of halogens is 1. The second-order valence-corrected chi connectivity index (χ2v) is 13.4. The molecule has 0 saturated carbocycles. The summed E-state index contributed by atoms with van der Waals surface area (Å²) in [4.78, 5) is 43.0. The molecule has 1 aromatic carbocycles. The third kappa shape index (κ3) is 4.96. The molecule has 2 fully saturated rings. The lowest BCUT2D eigenvalue weighted by atomic mass is 9.95. The number of para-hydroxylation sites is 1. The van der Waals surface area contributed by atoms with Gasteiger partial charge in [-0.05, 0) is 30.7 Å². The summed E-state index contributed by atoms with van der Waals surface area (Å²) in [5.74, 6) is -0.863. The summed E-state index contributed by atoms with van der Waals surface area (Å²) < 4.78 is 48.5. The Labute approximate surface area is 250 Å². The van der Waals surface area contributed by atoms with Crippen LogP contribution >= 0.6 is 11.3 Å². The Kier molecular flexibility index (Phi) is 7.26. The van der Waals surface area contributed by atoms with Crippen molar-refractivity contribution in [1.82, 2.24) is 24.4 Å². The second kappa shape index (κ2) is 10.8. The zero-order valence-electron chi connectivity index (χ0n) is 23.4. The number of carbonyl (C=O) groups excluding carboxylic acids is 1. The Morgan fingerprint density at radius 1 is 1.26 bits per heavy atom. The molecule has 1 atom stereocenters. The maximum atomic E-state index is 15.8. The van der Waals surface area contributed by atoms with Crippen LogP contribution in [-0.2, 0) is 19.4 Å². The molecular weight excluding hydrogens is 597 g/mol. The molecule has 12 nitrogen and oxygen atoms in total. The number of nitrogen functional groups attached to an aromatic ring is 1. The molecule has 43 heavy (non-hydrogen) atoms. The molecule has 2 saturated heterocycles. The number of sulfone groups is 1. The minimum Gasteiger partial charge on any atom is -0.382 e. The lowest BCUT2D eigenvalue weighted by Crippen LogP contribution is -2.54. The Hall–Kier alpha value is -4.21. The molecule has 5 heterocycles. The van der Waals surface area contributed by atoms with Gasteiger partial charge >= 0.3 is 5.69 Å². The van der Waals surface area contributed by atoms with Gasteiger partial charge in [-0.15, -0.1) is 11.3 Å². The van der Waals surface area contributed by atoms with Crippen LogP contribution in [0, 0.1) is 5.82 Å². The van der Waals surface area contributed by atoms with Crippen LogP contribution in [0.1, 0.15) is 18.4 Å². The predicted molar refractivity (Wildman–Crippen MR) is 161 cm³/mol. The van der Waals surface area contributed by atoms with Crippen LogP contribution in [0.2, 0.25) is 0 Å². The fraction of sp³-hybridized carbons (Fsp3) is 0.321. The van der Waals surface area contributed by atoms with E-state index in [1.54, 1.807) is 17.0 Å². The van der Waals surface area contributed by atoms with Crippen LogP contribution in [0.3, 0.4) is 0 Å². The van der Waals surface area contributed by atoms with Crippen molar-refractivity contribution in [3.8, 4) is 16.3 Å². The van der Waals surface area contributed by atoms with Crippen molar-refractivity contribution in [2.75, 3.05) is 49.7 Å². The van der Waals surface area contributed by atoms with E-state index in [9.17, 15) is 18.0 Å². The van der Waals surface area contributed by atoms with Gasteiger partial charge in [0, 0.05) is 37.8 Å². The highest BCUT2D eigenvalue weighted by atomic mass is 32.2. The summed E-state index contributed by atoms with van der Waals surface area (Å²) in [5, 5.41) is 0.193. The molecule has 2 aliphatic rings. The highest BCUT2D eigenvalue weighted by Crippen LogP contribution is 2.38. The molecule has 15 heteroatoms. The maximum absolute atomic E-state index is 15.8. The van der Waals surface area contributed by atoms with E-state index >= 15 is 4.39 Å². The SMILES string of the molecule is C=CC(=O)N1CCN(c2nc(=O)n(-c3c(C4COC4)cccc3S(C)(=O)=O)c3nc(-c4scnc4N)c(F)cc23)[C@@H](C)C1. The molecule has 4 aromatic rings. The monoisotopic (exact) mass is 625 g/mol. The van der Waals surface area contributed by atoms with Crippen LogP contribution in [0.5, 0.6) is 0 Å². The minimum atomic E-state index is -3.85. The fourth-order valence-electron chi connectivity index (χ4n) is 5.54. The molecule has 3 aromatic heterocycles. The summed E-state index contributed by atoms with van der Waals surface area (Å²) in [5.41, 5.74) is 7.24. The number of nitrogens with two attached hydrogens (primary N) is 1. The third-order valence-electron chi connectivity index (χ3n) is 7.73. The Bertz CT molecular complexity index is 1950. The first-order chi connectivity index (χ1) is 20.5. The number of hydrogen-bond acceptors (Lipinski definition) is 11. The third-order valence-corrected chi connectivity index (χ3v) is 9.71. The summed E-state index contributed by atoms with van der Waals surface area (Å²) in [6.07, 6.45) is 2.30. The lowest BCUT2D eigenvalue weighted by Gasteiger charge is -2.40. The van der Waals surface area contributed by atoms with Crippen LogP contribution in [-0.4, -0.2) is 83.9 Å². The van der Waals surface area contributed by atoms with E-state index in [4.69, 9.17) is 10.5 Å². The van der Waals surface area contributed by atoms with Gasteiger partial charge in [0.2, 0.25) is 5.91 Å². The number of fused-ring (bicyclic) bond motifs is 1. The number of ether oxygens (including phenoxy) is 1. The van der Waals surface area contributed by atoms with Crippen molar-refractivity contribution in [1.29, 1.82) is 0 Å². The molecule has 6 rings (SSSR count). The van der Waals surface area contributed by atoms with Crippen molar-refractivity contribution in [2.45, 2.75) is 23.8 Å². The van der Waals surface area contributed by atoms with E-state index in [2.05, 4.69) is 21.5 Å². The number of anilines is 2. The van der Waals surface area contributed by atoms with E-state index < -0.39 is 21.3 Å². The Morgan fingerprint density at radius 2 is 2.02 bits per heavy atom. The van der Waals surface area contributed by atoms with Crippen LogP contribution in [0.25, 0.3) is 27.3 Å². The second-order valence-electron chi connectivity index (χ2n) is 10.5. The number of thiazole rings is 1. The number of aromatic nitrogens is 4. The van der Waals surface area contributed by atoms with Crippen molar-refractivity contribution in [2.24, 2.45) is 0 Å². The first-order valence-electron chi connectivity index (χ1n) is 13.4. The van der Waals surface area contributed by atoms with Crippen molar-refractivity contribution in [3.63, 3.8) is 0 Å². The molecule has 0 aliphatic carbocycles. The number of hydrogen-bond donors (Lipinski definition) is 1. The molecular formula is C28H28FN7O5S2. The number of benzene rings is 1. The molecule has 2 aliphatic heterocycles. The van der Waals surface area contributed by atoms with E-state index in [1.807, 2.05) is 11.8 Å². The highest BCUT2D eigenvalue weighted by molar-refractivity contribution is 7.90. The summed E-state index contributed by atoms with van der Waals surface area (Å²) >= 11 is 1.09. The predicted octanol–water partition coefficient (Wildman–Crippen LogP) is 2.37. The number of nitrogens with zero attached hydrogens (tertiary/aromatic N) is 6. The van der Waals surface area contributed by atoms with Crippen LogP contribution < -0.4 is 16.3 Å². The molecule has 0 spiro atoms. The molecule has 0 unspecified atom stereocenters. The standard InChI is InChI=1S/C28H28FN7O5S2/c1-4-21(37)34-8-9-35(15(2)11-34)26-18-10-19(29)22(24-25(30)31-14-42-24)32-27(18)36(28(38)33-26)23-17(16-12-41-13-16)6-5-7-20(23)43(3,39)40/h4-7,10,14-16H,1,8-9,11-13,30H2,2-3H3/t15-/m0/s1. The number of rotatable bonds is 6. The molecule has 224 valence electrons. The summed E-state index contributed by atoms with van der Waals surface area (Å²) in [7, 11) is -3.85. The molecule has 0 radical (unpaired) electrons. The Balaban J connectivity index is 1.66. The normalized spacial score (nSPS) is 17.7. The van der Waals surface area contributed by atoms with Gasteiger partial charge < -0.3 is 20.3 Å². The van der Waals surface area contributed by atoms with Gasteiger partial charge in [0.25, 0.3) is 0 Å². The lowest BCUT2D eigenvalue weighted by molar-refractivity contribution is -0.126. The molecule has 2 N–H and O–H groups in total. The van der Waals surface area contributed by atoms with E-state index in [-0.39, 0.29) is 61.7 Å². The van der Waals surface area contributed by atoms with Crippen molar-refractivity contribution < 1.29 is 22.3 Å². The first-order valence-corrected chi connectivity index (χ1v) is 16.2. The maximum Gasteiger partial charge on any atom is 0.355 e. The van der Waals surface area contributed by atoms with Gasteiger partial charge in [-0.3, -0.25) is 4.79 Å². The molecule has 1 amide bonds. The largest absolute Gasteiger partial charge is 0.382 e. The number of amides is 1. The van der Waals surface area contributed by atoms with Crippen molar-refractivity contribution in [3.05, 3.63) is 64.3 Å². The van der Waals surface area contributed by atoms with Crippen LogP contribution in [0.4, 0.5) is 16.0 Å². The smallest absolute Gasteiger partial charge is 0.355 e. The fourth-order valence-corrected chi connectivity index (χ4v) is 7.13. The minimum absolute atomic E-state index is 0.00795. The highest BCUT2D eigenvalue weighted by Gasteiger charge is 2.33. The molecule has 0 bridgehead atoms. The first kappa shape index (κ1) is 28.9. The van der Waals surface area contributed by atoms with Gasteiger partial charge in [0.05, 0.1) is 39.6 Å². The van der Waals surface area contributed by atoms with Gasteiger partial charge in [-0.25, -0.2) is 32.1 Å². The van der Waals surface area contributed by atoms with E-state index in [0.29, 0.717) is 38.4 Å². The van der Waals surface area contributed by atoms with Crippen molar-refractivity contribution >= 4 is 49.8 Å². The topological polar surface area (TPSA) is 154 Å². The van der Waals surface area contributed by atoms with E-state index in [1.165, 1.54) is 23.7 Å². The average molecular weight is 626 g/mol. The zero-order valence-corrected chi connectivity index (χ0v) is 25.0. The number of pyridine rings is 1. The van der Waals surface area contributed by atoms with Gasteiger partial charge in [-0.2, -0.15) is 4.98 Å². The average Bonchev–Trinajstić information content (AvgIpc) is 3.36. The van der Waals surface area contributed by atoms with Gasteiger partial charge in [0.1, 0.15) is 17.3 Å². The van der Waals surface area contributed by atoms with Gasteiger partial charge in [0.15, 0.2) is 21.3 Å². The number of carbonyl (C=O) groups is 1. The summed E-state index contributed by atoms with van der Waals surface area (Å²) in [6, 6.07) is 5.72.